The third-order valence-corrected chi connectivity index (χ3v) is 30.8. The number of imidazole rings is 4. The van der Waals surface area contributed by atoms with Gasteiger partial charge in [0.15, 0.2) is 153 Å². The van der Waals surface area contributed by atoms with Crippen molar-refractivity contribution < 1.29 is 138 Å². The van der Waals surface area contributed by atoms with Crippen molar-refractivity contribution in [1.29, 1.82) is 0 Å². The fourth-order valence-electron chi connectivity index (χ4n) is 15.4. The summed E-state index contributed by atoms with van der Waals surface area (Å²) in [5.41, 5.74) is 32.2. The van der Waals surface area contributed by atoms with E-state index in [0.717, 1.165) is 61.0 Å². The van der Waals surface area contributed by atoms with E-state index in [0.29, 0.717) is 0 Å². The standard InChI is InChI=1S/C20H22F2N10O9P2S2.2C19H21F2N11O9P2S2/c21-8-6-1-36-42(34,44)40-12-7(39-18(9(12)22)31-4-27-10-14(23)25-3-26-15(10)31)2-37-43(35,45)41-13(8)19(38-6)32-5-28-11-16(32)29-20(24)30-17(11)33;2*20-7-5-1-36-42(34,44)40-11-6(39-17(8(11)21)32-14-9(29-30-32)13(22)24-3-25-14)2-37-43(35,45)41-12(7)18(38-5)31-4-26-10-15(31)27-19(23)28-16(10)33/h3-9,12-13,18-19H,1-2H2,(H,34,44)(H,35,45)(H2,23,25,26)(H3,24,29,30,33);2*3-8,11-12,17-18H,1-2H2,(H,34,44)(H,35,45)(H2,22,24,25)(H3,23,27,28,33)/t6-,7-,8+,9+,12-,13-,18-,19-,42?,43?;2*5-,6-,7+,8+,11-,12-,17-,18-,42?,43?/m111/s1. The first kappa shape index (κ1) is 95.8. The number of fused-ring (bicyclic) bond motifs is 15. The third-order valence-electron chi connectivity index (χ3n) is 21.4. The molecule has 20 N–H and O–H groups in total. The lowest BCUT2D eigenvalue weighted by Gasteiger charge is -2.27. The summed E-state index contributed by atoms with van der Waals surface area (Å²) in [6, 6.07) is 0. The Morgan fingerprint density at radius 3 is 0.970 bits per heavy atom. The molecule has 6 unspecified atom stereocenters. The lowest BCUT2D eigenvalue weighted by molar-refractivity contribution is -0.0617. The maximum atomic E-state index is 16.0. The van der Waals surface area contributed by atoms with Crippen LogP contribution in [0, 0.1) is 0 Å². The molecule has 0 radical (unpaired) electrons. The molecular formula is C58H64F6N32O27P6S6. The Hall–Kier alpha value is -8.15. The highest BCUT2D eigenvalue weighted by atomic mass is 32.7. The predicted molar refractivity (Wildman–Crippen MR) is 459 cm³/mol. The van der Waals surface area contributed by atoms with Crippen molar-refractivity contribution in [1.82, 2.24) is 128 Å². The first-order valence-electron chi connectivity index (χ1n) is 38.4. The van der Waals surface area contributed by atoms with Gasteiger partial charge in [-0.15, -0.1) is 10.2 Å². The smallest absolute Gasteiger partial charge is 0.382 e. The number of halogens is 6. The summed E-state index contributed by atoms with van der Waals surface area (Å²) in [5.74, 6) is -0.784. The number of alkyl halides is 6. The zero-order valence-electron chi connectivity index (χ0n) is 66.5. The number of hydrogen-bond donors (Lipinski definition) is 15. The number of nitrogens with zero attached hydrogens (tertiary/aromatic N) is 23. The van der Waals surface area contributed by atoms with Crippen LogP contribution in [-0.4, -0.2) is 302 Å². The van der Waals surface area contributed by atoms with E-state index in [1.165, 1.54) is 10.9 Å². The van der Waals surface area contributed by atoms with Crippen molar-refractivity contribution in [2.75, 3.05) is 74.0 Å². The molecule has 12 aromatic heterocycles. The molecular weight excluding hydrogens is 2070 g/mol. The first-order chi connectivity index (χ1) is 63.9. The summed E-state index contributed by atoms with van der Waals surface area (Å²) in [4.78, 5) is 150. The second-order valence-electron chi connectivity index (χ2n) is 29.9. The number of nitrogens with two attached hydrogens (primary N) is 6. The van der Waals surface area contributed by atoms with Crippen LogP contribution < -0.4 is 51.1 Å². The molecule has 30 atom stereocenters. The normalized spacial score (nSPS) is 37.7. The molecule has 0 aromatic carbocycles. The number of anilines is 6. The Balaban J connectivity index is 0.000000130. The predicted octanol–water partition coefficient (Wildman–Crippen LogP) is -0.852. The van der Waals surface area contributed by atoms with Gasteiger partial charge in [-0.25, -0.2) is 80.7 Å². The van der Waals surface area contributed by atoms with Gasteiger partial charge < -0.3 is 110 Å². The van der Waals surface area contributed by atoms with E-state index >= 15 is 26.3 Å². The van der Waals surface area contributed by atoms with Gasteiger partial charge in [-0.1, -0.05) is 22.7 Å². The van der Waals surface area contributed by atoms with Gasteiger partial charge in [-0.3, -0.25) is 79.3 Å². The highest BCUT2D eigenvalue weighted by Gasteiger charge is 2.59. The van der Waals surface area contributed by atoms with Gasteiger partial charge in [0.25, 0.3) is 16.7 Å². The molecule has 0 amide bonds. The lowest BCUT2D eigenvalue weighted by Crippen LogP contribution is -2.34. The number of aromatic amines is 3. The van der Waals surface area contributed by atoms with Crippen LogP contribution >= 0.6 is 52.6 Å². The van der Waals surface area contributed by atoms with Crippen LogP contribution in [0.4, 0.5) is 61.6 Å². The van der Waals surface area contributed by atoms with E-state index in [-0.39, 0.29) is 102 Å². The van der Waals surface area contributed by atoms with E-state index in [4.69, 9.17) is 176 Å². The summed E-state index contributed by atoms with van der Waals surface area (Å²) in [5, 5.41) is 15.4. The Kier molecular flexibility index (Phi) is 25.9. The molecule has 21 heterocycles. The molecule has 9 fully saturated rings. The van der Waals surface area contributed by atoms with Crippen LogP contribution in [-0.2, 0) is 146 Å². The number of aromatic nitrogens is 26. The van der Waals surface area contributed by atoms with E-state index < -0.39 is 244 Å². The average molecular weight is 2130 g/mol. The fraction of sp³-hybridized carbons (Fsp3) is 0.517. The molecule has 0 aliphatic carbocycles. The highest BCUT2D eigenvalue weighted by molar-refractivity contribution is 8.44. The van der Waals surface area contributed by atoms with E-state index in [2.05, 4.69) is 113 Å². The van der Waals surface area contributed by atoms with Crippen molar-refractivity contribution in [3.8, 4) is 0 Å². The molecule has 0 spiro atoms. The van der Waals surface area contributed by atoms with Crippen molar-refractivity contribution in [2.45, 2.75) is 148 Å². The zero-order chi connectivity index (χ0) is 95.5. The monoisotopic (exact) mass is 2130 g/mol. The van der Waals surface area contributed by atoms with Gasteiger partial charge >= 0.3 is 40.4 Å². The van der Waals surface area contributed by atoms with Crippen molar-refractivity contribution in [3.63, 3.8) is 0 Å². The minimum atomic E-state index is -4.49. The van der Waals surface area contributed by atoms with Gasteiger partial charge in [0.05, 0.1) is 65.0 Å². The average Bonchev–Trinajstić information content (AvgIpc) is 1.63. The largest absolute Gasteiger partial charge is 0.386 e. The van der Waals surface area contributed by atoms with Crippen molar-refractivity contribution in [2.24, 2.45) is 0 Å². The van der Waals surface area contributed by atoms with Gasteiger partial charge in [0.1, 0.15) is 97.7 Å². The summed E-state index contributed by atoms with van der Waals surface area (Å²) >= 11 is 29.6. The maximum Gasteiger partial charge on any atom is 0.386 e. The van der Waals surface area contributed by atoms with E-state index in [1.807, 2.05) is 0 Å². The summed E-state index contributed by atoms with van der Waals surface area (Å²) < 4.78 is 216. The molecule has 0 saturated carbocycles. The minimum Gasteiger partial charge on any atom is -0.382 e. The van der Waals surface area contributed by atoms with E-state index in [9.17, 15) is 43.4 Å². The zero-order valence-corrected chi connectivity index (χ0v) is 76.9. The highest BCUT2D eigenvalue weighted by Crippen LogP contribution is 2.61. The van der Waals surface area contributed by atoms with Gasteiger partial charge in [-0.05, 0) is 59.0 Å². The summed E-state index contributed by atoms with van der Waals surface area (Å²) in [6.07, 6.45) is -32.2. The number of ether oxygens (including phenoxy) is 6. The van der Waals surface area contributed by atoms with Crippen molar-refractivity contribution >= 4 is 214 Å². The maximum absolute atomic E-state index is 16.0. The molecule has 21 rings (SSSR count). The van der Waals surface area contributed by atoms with Gasteiger partial charge in [-0.2, -0.15) is 24.3 Å². The number of nitrogens with one attached hydrogen (secondary N) is 3. The number of rotatable bonds is 6. The summed E-state index contributed by atoms with van der Waals surface area (Å²) in [6.45, 7) is -30.4. The first-order valence-corrected chi connectivity index (χ1v) is 54.0. The number of nitrogen functional groups attached to an aromatic ring is 6. The second kappa shape index (κ2) is 36.5. The Labute approximate surface area is 772 Å². The van der Waals surface area contributed by atoms with Crippen LogP contribution in [0.1, 0.15) is 37.4 Å². The third kappa shape index (κ3) is 18.6. The second-order valence-corrected chi connectivity index (χ2v) is 46.7. The van der Waals surface area contributed by atoms with Crippen LogP contribution in [0.5, 0.6) is 0 Å². The Morgan fingerprint density at radius 2 is 0.615 bits per heavy atom. The summed E-state index contributed by atoms with van der Waals surface area (Å²) in [7, 11) is 0. The molecule has 135 heavy (non-hydrogen) atoms. The van der Waals surface area contributed by atoms with Gasteiger partial charge in [0.2, 0.25) is 17.8 Å². The number of H-pyrrole nitrogens is 3. The topological polar surface area (TPSA) is 788 Å². The molecule has 59 nitrogen and oxygen atoms in total. The molecule has 77 heteroatoms. The molecule has 9 aliphatic rings. The number of thiol groups is 1. The van der Waals surface area contributed by atoms with Crippen LogP contribution in [0.15, 0.2) is 58.7 Å². The SMILES string of the molecule is Nc1nc2c(ncn2[C@@H]2O[C@@H]3COP(O)(=S)O[C@H]4[C@H](F)[C@H](n5cnc6c(N)ncnc65)O[C@@H]4COP(=O)(S)O[C@@H]2[C@H]3F)c(=O)[nH]1.Nc1nc2c(ncn2[C@@H]2O[C@@H]3COP(O)(=S)O[C@H]4[C@H](F)[C@H](n5nnc6c(N)ncnc65)O[C@@H]4COP(O)(=S)O[C@@H]2[C@H]3F)c(=O)[nH]1.Nc1nc2c(ncn2[C@@H]2O[C@@H]3COP(O)(=S)O[C@H]4[C@H](F)[C@H](n5nnc6c(N)ncnc65)O[C@@H]4COP(O)(=S)O[C@@H]2[C@H]3F)c(=O)[nH]1. The van der Waals surface area contributed by atoms with Crippen molar-refractivity contribution in [3.05, 3.63) is 75.4 Å². The molecule has 9 saturated heterocycles. The van der Waals surface area contributed by atoms with Gasteiger partial charge in [0, 0.05) is 0 Å². The Bertz CT molecular complexity index is 6510. The molecule has 6 bridgehead atoms. The Morgan fingerprint density at radius 1 is 0.341 bits per heavy atom. The van der Waals surface area contributed by atoms with Crippen LogP contribution in [0.3, 0.4) is 0 Å². The lowest BCUT2D eigenvalue weighted by atomic mass is 10.1. The van der Waals surface area contributed by atoms with E-state index in [1.54, 1.807) is 0 Å². The molecule has 12 aromatic rings. The quantitative estimate of drug-likeness (QED) is 0.0548. The minimum absolute atomic E-state index is 0.0183. The molecule has 726 valence electrons. The number of hydrogen-bond acceptors (Lipinski definition) is 50. The molecule has 9 aliphatic heterocycles. The van der Waals surface area contributed by atoms with Crippen LogP contribution in [0.2, 0.25) is 0 Å². The van der Waals surface area contributed by atoms with Crippen LogP contribution in [0.25, 0.3) is 67.0 Å². The fourth-order valence-corrected chi connectivity index (χ4v) is 24.0.